The van der Waals surface area contributed by atoms with Crippen LogP contribution in [-0.2, 0) is 9.59 Å². The zero-order valence-electron chi connectivity index (χ0n) is 10.9. The maximum atomic E-state index is 12.2. The van der Waals surface area contributed by atoms with Crippen molar-refractivity contribution in [2.24, 2.45) is 22.4 Å². The lowest BCUT2D eigenvalue weighted by atomic mass is 9.97. The van der Waals surface area contributed by atoms with Gasteiger partial charge in [-0.3, -0.25) is 9.59 Å². The molecule has 104 valence electrons. The third-order valence-electron chi connectivity index (χ3n) is 3.64. The van der Waals surface area contributed by atoms with Crippen LogP contribution in [0.1, 0.15) is 12.8 Å². The minimum atomic E-state index is -0.784. The van der Waals surface area contributed by atoms with Gasteiger partial charge in [0.15, 0.2) is 5.92 Å². The van der Waals surface area contributed by atoms with E-state index in [0.29, 0.717) is 5.84 Å². The number of fused-ring (bicyclic) bond motifs is 1. The summed E-state index contributed by atoms with van der Waals surface area (Å²) in [5, 5.41) is 0. The first-order valence-corrected chi connectivity index (χ1v) is 6.25. The Balaban J connectivity index is 2.18. The Morgan fingerprint density at radius 1 is 1.45 bits per heavy atom. The molecular weight excluding hydrogens is 262 g/mol. The Kier molecular flexibility index (Phi) is 2.50. The molecule has 3 rings (SSSR count). The number of carbonyl (C=O) groups is 3. The number of urea groups is 1. The monoisotopic (exact) mass is 276 g/mol. The molecule has 1 aliphatic carbocycles. The highest BCUT2D eigenvalue weighted by atomic mass is 16.2. The molecule has 20 heavy (non-hydrogen) atoms. The van der Waals surface area contributed by atoms with Crippen LogP contribution in [0, 0.1) is 5.92 Å². The Morgan fingerprint density at radius 3 is 2.65 bits per heavy atom. The Hall–Kier alpha value is -2.51. The molecule has 8 heteroatoms. The van der Waals surface area contributed by atoms with Gasteiger partial charge in [0.1, 0.15) is 0 Å². The third kappa shape index (κ3) is 1.64. The topological polar surface area (TPSA) is 122 Å². The Bertz CT molecular complexity index is 641. The molecule has 2 aliphatic heterocycles. The third-order valence-corrected chi connectivity index (χ3v) is 3.64. The van der Waals surface area contributed by atoms with E-state index in [2.05, 4.69) is 4.99 Å². The Labute approximate surface area is 114 Å². The molecule has 4 N–H and O–H groups in total. The summed E-state index contributed by atoms with van der Waals surface area (Å²) >= 11 is 0. The minimum Gasteiger partial charge on any atom is -0.369 e. The number of amides is 4. The lowest BCUT2D eigenvalue weighted by Gasteiger charge is -2.25. The number of hydrogen-bond acceptors (Lipinski definition) is 5. The van der Waals surface area contributed by atoms with Gasteiger partial charge in [0.2, 0.25) is 5.84 Å². The molecule has 1 saturated carbocycles. The highest BCUT2D eigenvalue weighted by Gasteiger charge is 2.51. The summed E-state index contributed by atoms with van der Waals surface area (Å²) < 4.78 is 1.49. The fraction of sp³-hybridized carbons (Fsp3) is 0.417. The molecule has 0 saturated heterocycles. The number of rotatable bonds is 2. The predicted molar refractivity (Wildman–Crippen MR) is 68.8 cm³/mol. The zero-order valence-corrected chi connectivity index (χ0v) is 10.9. The van der Waals surface area contributed by atoms with Crippen molar-refractivity contribution >= 4 is 29.5 Å². The van der Waals surface area contributed by atoms with E-state index in [4.69, 9.17) is 11.5 Å². The second-order valence-corrected chi connectivity index (χ2v) is 5.06. The second kappa shape index (κ2) is 3.99. The van der Waals surface area contributed by atoms with Crippen LogP contribution in [0.2, 0.25) is 0 Å². The summed E-state index contributed by atoms with van der Waals surface area (Å²) in [6, 6.07) is -0.355. The summed E-state index contributed by atoms with van der Waals surface area (Å²) in [6.45, 7) is 0. The van der Waals surface area contributed by atoms with Crippen LogP contribution in [0.5, 0.6) is 0 Å². The van der Waals surface area contributed by atoms with Gasteiger partial charge in [-0.25, -0.2) is 4.79 Å². The van der Waals surface area contributed by atoms with Gasteiger partial charge in [-0.05, 0) is 18.9 Å². The van der Waals surface area contributed by atoms with E-state index in [9.17, 15) is 14.4 Å². The van der Waals surface area contributed by atoms with Gasteiger partial charge in [-0.1, -0.05) is 4.99 Å². The maximum absolute atomic E-state index is 12.2. The van der Waals surface area contributed by atoms with Crippen molar-refractivity contribution in [3.8, 4) is 0 Å². The molecule has 0 aromatic rings. The van der Waals surface area contributed by atoms with E-state index in [1.807, 2.05) is 0 Å². The number of hydrogen-bond donors (Lipinski definition) is 2. The molecule has 8 nitrogen and oxygen atoms in total. The summed E-state index contributed by atoms with van der Waals surface area (Å²) in [6.07, 6.45) is 3.12. The molecule has 2 heterocycles. The van der Waals surface area contributed by atoms with Gasteiger partial charge in [-0.2, -0.15) is 9.48 Å². The van der Waals surface area contributed by atoms with E-state index in [0.717, 1.165) is 17.7 Å². The first-order chi connectivity index (χ1) is 9.41. The molecule has 1 unspecified atom stereocenters. The first-order valence-electron chi connectivity index (χ1n) is 6.25. The Morgan fingerprint density at radius 2 is 2.10 bits per heavy atom. The number of primary amides is 1. The average molecular weight is 276 g/mol. The van der Waals surface area contributed by atoms with Crippen LogP contribution in [0.4, 0.5) is 4.79 Å². The molecule has 3 aliphatic rings. The van der Waals surface area contributed by atoms with Crippen molar-refractivity contribution in [2.75, 3.05) is 7.05 Å². The number of nitrogens with zero attached hydrogens (tertiary/aromatic N) is 3. The smallest absolute Gasteiger partial charge is 0.369 e. The van der Waals surface area contributed by atoms with Crippen molar-refractivity contribution in [1.29, 1.82) is 0 Å². The zero-order chi connectivity index (χ0) is 14.6. The molecule has 0 spiro atoms. The predicted octanol–water partition coefficient (Wildman–Crippen LogP) is -1.45. The molecule has 0 radical (unpaired) electrons. The van der Waals surface area contributed by atoms with Crippen LogP contribution < -0.4 is 11.5 Å². The van der Waals surface area contributed by atoms with E-state index >= 15 is 0 Å². The van der Waals surface area contributed by atoms with E-state index in [1.54, 1.807) is 0 Å². The normalized spacial score (nSPS) is 26.2. The molecule has 0 aromatic heterocycles. The van der Waals surface area contributed by atoms with Gasteiger partial charge >= 0.3 is 11.9 Å². The van der Waals surface area contributed by atoms with Crippen molar-refractivity contribution in [3.63, 3.8) is 0 Å². The van der Waals surface area contributed by atoms with E-state index in [1.165, 1.54) is 17.7 Å². The van der Waals surface area contributed by atoms with Gasteiger partial charge < -0.3 is 11.5 Å². The van der Waals surface area contributed by atoms with Crippen molar-refractivity contribution < 1.29 is 19.0 Å². The van der Waals surface area contributed by atoms with Crippen LogP contribution in [0.25, 0.3) is 0 Å². The number of imide groups is 1. The van der Waals surface area contributed by atoms with Crippen LogP contribution in [0.3, 0.4) is 0 Å². The lowest BCUT2D eigenvalue weighted by molar-refractivity contribution is -0.455. The molecule has 1 atom stereocenters. The molecule has 4 amide bonds. The maximum Gasteiger partial charge on any atom is 0.445 e. The lowest BCUT2D eigenvalue weighted by Crippen LogP contribution is -2.54. The van der Waals surface area contributed by atoms with Crippen LogP contribution in [0.15, 0.2) is 16.6 Å². The van der Waals surface area contributed by atoms with Gasteiger partial charge in [0, 0.05) is 0 Å². The summed E-state index contributed by atoms with van der Waals surface area (Å²) in [7, 11) is 1.41. The highest BCUT2D eigenvalue weighted by molar-refractivity contribution is 6.27. The van der Waals surface area contributed by atoms with Crippen LogP contribution >= 0.6 is 0 Å². The SMILES string of the molecule is CN1C(=O)C2C=C(C(N)=O)C(N)=NC2=[N+](C2CC2)C1=O. The van der Waals surface area contributed by atoms with E-state index in [-0.39, 0.29) is 17.5 Å². The number of dihydropyridines is 1. The number of aliphatic imine (C=N–C) groups is 1. The molecule has 0 aromatic carbocycles. The summed E-state index contributed by atoms with van der Waals surface area (Å²) in [5.41, 5.74) is 10.9. The summed E-state index contributed by atoms with van der Waals surface area (Å²) in [4.78, 5) is 40.8. The number of carbonyl (C=O) groups excluding carboxylic acids is 3. The standard InChI is InChI=1S/C12H13N5O3/c1-16-11(19)7-4-6(9(14)18)8(13)15-10(7)17(12(16)20)5-2-3-5/h4-5,7,13H,2-3H2,1H3,(H2,14,18)/p+1. The number of nitrogens with two attached hydrogens (primary N) is 2. The minimum absolute atomic E-state index is 0.0191. The van der Waals surface area contributed by atoms with Gasteiger partial charge in [-0.15, -0.1) is 0 Å². The first kappa shape index (κ1) is 12.5. The van der Waals surface area contributed by atoms with Gasteiger partial charge in [0.05, 0.1) is 18.7 Å². The fourth-order valence-electron chi connectivity index (χ4n) is 2.41. The van der Waals surface area contributed by atoms with Crippen LogP contribution in [-0.4, -0.2) is 52.1 Å². The molecule has 1 fully saturated rings. The van der Waals surface area contributed by atoms with E-state index < -0.39 is 23.8 Å². The number of amidine groups is 2. The highest BCUT2D eigenvalue weighted by Crippen LogP contribution is 2.30. The average Bonchev–Trinajstić information content (AvgIpc) is 3.20. The fourth-order valence-corrected chi connectivity index (χ4v) is 2.41. The quantitative estimate of drug-likeness (QED) is 0.599. The molecular formula is C12H14N5O3+. The van der Waals surface area contributed by atoms with Gasteiger partial charge in [0.25, 0.3) is 11.7 Å². The largest absolute Gasteiger partial charge is 0.445 e. The van der Waals surface area contributed by atoms with Crippen molar-refractivity contribution in [2.45, 2.75) is 18.9 Å². The van der Waals surface area contributed by atoms with Crippen molar-refractivity contribution in [3.05, 3.63) is 11.6 Å². The second-order valence-electron chi connectivity index (χ2n) is 5.06. The molecule has 0 bridgehead atoms. The van der Waals surface area contributed by atoms with Crippen molar-refractivity contribution in [1.82, 2.24) is 4.90 Å². The summed E-state index contributed by atoms with van der Waals surface area (Å²) in [5.74, 6) is -1.72.